The number of pyridine rings is 1. The van der Waals surface area contributed by atoms with E-state index >= 15 is 0 Å². The molecule has 154 valence electrons. The van der Waals surface area contributed by atoms with E-state index in [1.165, 1.54) is 28.9 Å². The highest BCUT2D eigenvalue weighted by Gasteiger charge is 2.31. The number of nitrogens with zero attached hydrogens (tertiary/aromatic N) is 3. The molecule has 10 heteroatoms. The molecule has 3 aromatic rings. The Morgan fingerprint density at radius 2 is 1.83 bits per heavy atom. The van der Waals surface area contributed by atoms with Gasteiger partial charge in [-0.05, 0) is 57.2 Å². The van der Waals surface area contributed by atoms with Crippen LogP contribution in [0.25, 0.3) is 16.7 Å². The Morgan fingerprint density at radius 3 is 2.45 bits per heavy atom. The molecule has 0 bridgehead atoms. The maximum atomic E-state index is 12.3. The van der Waals surface area contributed by atoms with Crippen molar-refractivity contribution in [1.29, 1.82) is 0 Å². The lowest BCUT2D eigenvalue weighted by Gasteiger charge is -2.19. The van der Waals surface area contributed by atoms with E-state index in [2.05, 4.69) is 20.1 Å². The monoisotopic (exact) mass is 408 g/mol. The summed E-state index contributed by atoms with van der Waals surface area (Å²) in [5, 5.41) is 7.08. The zero-order valence-electron chi connectivity index (χ0n) is 15.9. The van der Waals surface area contributed by atoms with Crippen molar-refractivity contribution in [3.05, 3.63) is 48.3 Å². The Kier molecular flexibility index (Phi) is 5.36. The summed E-state index contributed by atoms with van der Waals surface area (Å²) in [6.45, 7) is 5.34. The number of benzene rings is 1. The van der Waals surface area contributed by atoms with Crippen molar-refractivity contribution in [2.75, 3.05) is 0 Å². The first-order valence-electron chi connectivity index (χ1n) is 8.67. The molecule has 0 atom stereocenters. The second kappa shape index (κ2) is 7.61. The average molecular weight is 408 g/mol. The number of fused-ring (bicyclic) bond motifs is 1. The second-order valence-corrected chi connectivity index (χ2v) is 7.13. The van der Waals surface area contributed by atoms with Crippen molar-refractivity contribution in [2.45, 2.75) is 39.3 Å². The molecule has 7 nitrogen and oxygen atoms in total. The Balaban J connectivity index is 1.85. The second-order valence-electron chi connectivity index (χ2n) is 7.13. The third-order valence-electron chi connectivity index (χ3n) is 3.62. The fourth-order valence-corrected chi connectivity index (χ4v) is 2.59. The van der Waals surface area contributed by atoms with Crippen LogP contribution >= 0.6 is 0 Å². The minimum atomic E-state index is -4.76. The van der Waals surface area contributed by atoms with Crippen LogP contribution < -0.4 is 10.1 Å². The third-order valence-corrected chi connectivity index (χ3v) is 3.62. The molecule has 1 N–H and O–H groups in total. The standard InChI is InChI=1S/C19H19F3N4O3/c1-18(2,3)29-17(27)24-11-14-16-15(5-4-10-23-16)26(25-14)12-6-8-13(9-7-12)28-19(20,21)22/h4-10H,11H2,1-3H3,(H,24,27). The number of rotatable bonds is 4. The summed E-state index contributed by atoms with van der Waals surface area (Å²) in [4.78, 5) is 16.2. The minimum Gasteiger partial charge on any atom is -0.444 e. The summed E-state index contributed by atoms with van der Waals surface area (Å²) in [5.41, 5.74) is 1.56. The Morgan fingerprint density at radius 1 is 1.14 bits per heavy atom. The molecule has 0 spiro atoms. The molecule has 0 aliphatic carbocycles. The molecular weight excluding hydrogens is 389 g/mol. The van der Waals surface area contributed by atoms with Gasteiger partial charge in [0.25, 0.3) is 0 Å². The van der Waals surface area contributed by atoms with Crippen molar-refractivity contribution in [2.24, 2.45) is 0 Å². The maximum absolute atomic E-state index is 12.3. The van der Waals surface area contributed by atoms with Crippen LogP contribution in [0.1, 0.15) is 26.5 Å². The van der Waals surface area contributed by atoms with E-state index < -0.39 is 18.1 Å². The van der Waals surface area contributed by atoms with E-state index in [4.69, 9.17) is 4.74 Å². The van der Waals surface area contributed by atoms with Crippen LogP contribution in [0.3, 0.4) is 0 Å². The van der Waals surface area contributed by atoms with Crippen LogP contribution in [-0.4, -0.2) is 32.8 Å². The smallest absolute Gasteiger partial charge is 0.444 e. The number of aromatic nitrogens is 3. The molecule has 0 aliphatic heterocycles. The van der Waals surface area contributed by atoms with Crippen LogP contribution in [0.15, 0.2) is 42.6 Å². The lowest BCUT2D eigenvalue weighted by Crippen LogP contribution is -2.32. The van der Waals surface area contributed by atoms with Crippen molar-refractivity contribution < 1.29 is 27.4 Å². The van der Waals surface area contributed by atoms with Crippen molar-refractivity contribution in [1.82, 2.24) is 20.1 Å². The average Bonchev–Trinajstić information content (AvgIpc) is 2.97. The van der Waals surface area contributed by atoms with Crippen molar-refractivity contribution in [3.63, 3.8) is 0 Å². The quantitative estimate of drug-likeness (QED) is 0.695. The Hall–Kier alpha value is -3.30. The summed E-state index contributed by atoms with van der Waals surface area (Å²) in [6, 6.07) is 8.78. The number of alkyl halides is 3. The van der Waals surface area contributed by atoms with Gasteiger partial charge in [-0.25, -0.2) is 9.48 Å². The molecule has 0 saturated heterocycles. The zero-order chi connectivity index (χ0) is 21.2. The van der Waals surface area contributed by atoms with E-state index in [-0.39, 0.29) is 12.3 Å². The molecule has 0 aliphatic rings. The number of ether oxygens (including phenoxy) is 2. The van der Waals surface area contributed by atoms with Gasteiger partial charge in [-0.2, -0.15) is 5.10 Å². The van der Waals surface area contributed by atoms with Gasteiger partial charge in [-0.3, -0.25) is 4.98 Å². The highest BCUT2D eigenvalue weighted by molar-refractivity contribution is 5.79. The zero-order valence-corrected chi connectivity index (χ0v) is 15.9. The number of hydrogen-bond donors (Lipinski definition) is 1. The predicted molar refractivity (Wildman–Crippen MR) is 98.6 cm³/mol. The first-order valence-corrected chi connectivity index (χ1v) is 8.67. The first-order chi connectivity index (χ1) is 13.5. The highest BCUT2D eigenvalue weighted by atomic mass is 19.4. The number of alkyl carbamates (subject to hydrolysis) is 1. The largest absolute Gasteiger partial charge is 0.573 e. The summed E-state index contributed by atoms with van der Waals surface area (Å²) in [5.74, 6) is -0.331. The lowest BCUT2D eigenvalue weighted by atomic mass is 10.2. The fourth-order valence-electron chi connectivity index (χ4n) is 2.59. The van der Waals surface area contributed by atoms with Gasteiger partial charge in [0.15, 0.2) is 0 Å². The molecule has 0 saturated carbocycles. The molecule has 1 amide bonds. The van der Waals surface area contributed by atoms with Crippen LogP contribution in [0, 0.1) is 0 Å². The highest BCUT2D eigenvalue weighted by Crippen LogP contribution is 2.25. The van der Waals surface area contributed by atoms with Crippen LogP contribution in [0.4, 0.5) is 18.0 Å². The van der Waals surface area contributed by atoms with E-state index in [1.54, 1.807) is 39.1 Å². The van der Waals surface area contributed by atoms with E-state index in [9.17, 15) is 18.0 Å². The van der Waals surface area contributed by atoms with E-state index in [1.807, 2.05) is 0 Å². The Bertz CT molecular complexity index is 1010. The minimum absolute atomic E-state index is 0.0741. The molecule has 2 aromatic heterocycles. The lowest BCUT2D eigenvalue weighted by molar-refractivity contribution is -0.274. The molecule has 0 radical (unpaired) electrons. The van der Waals surface area contributed by atoms with Gasteiger partial charge in [-0.1, -0.05) is 0 Å². The summed E-state index contributed by atoms with van der Waals surface area (Å²) >= 11 is 0. The van der Waals surface area contributed by atoms with Gasteiger partial charge in [-0.15, -0.1) is 13.2 Å². The van der Waals surface area contributed by atoms with Gasteiger partial charge in [0.1, 0.15) is 22.6 Å². The molecule has 29 heavy (non-hydrogen) atoms. The Labute approximate surface area is 164 Å². The molecule has 3 rings (SSSR count). The van der Waals surface area contributed by atoms with Crippen LogP contribution in [-0.2, 0) is 11.3 Å². The molecule has 0 unspecified atom stereocenters. The van der Waals surface area contributed by atoms with E-state index in [0.29, 0.717) is 22.4 Å². The fraction of sp³-hybridized carbons (Fsp3) is 0.316. The van der Waals surface area contributed by atoms with Crippen LogP contribution in [0.2, 0.25) is 0 Å². The normalized spacial score (nSPS) is 12.1. The topological polar surface area (TPSA) is 78.3 Å². The van der Waals surface area contributed by atoms with Crippen molar-refractivity contribution in [3.8, 4) is 11.4 Å². The summed E-state index contributed by atoms with van der Waals surface area (Å²) in [6.07, 6.45) is -3.76. The number of hydrogen-bond acceptors (Lipinski definition) is 5. The molecule has 0 fully saturated rings. The van der Waals surface area contributed by atoms with Gasteiger partial charge in [0.2, 0.25) is 0 Å². The third kappa shape index (κ3) is 5.37. The van der Waals surface area contributed by atoms with Crippen molar-refractivity contribution >= 4 is 17.1 Å². The summed E-state index contributed by atoms with van der Waals surface area (Å²) in [7, 11) is 0. The van der Waals surface area contributed by atoms with Gasteiger partial charge >= 0.3 is 12.5 Å². The molecular formula is C19H19F3N4O3. The SMILES string of the molecule is CC(C)(C)OC(=O)NCc1nn(-c2ccc(OC(F)(F)F)cc2)c2cccnc12. The summed E-state index contributed by atoms with van der Waals surface area (Å²) < 4.78 is 47.6. The van der Waals surface area contributed by atoms with Gasteiger partial charge in [0, 0.05) is 6.20 Å². The molecule has 1 aromatic carbocycles. The first kappa shape index (κ1) is 20.4. The predicted octanol–water partition coefficient (Wildman–Crippen LogP) is 4.34. The number of nitrogens with one attached hydrogen (secondary N) is 1. The van der Waals surface area contributed by atoms with Gasteiger partial charge < -0.3 is 14.8 Å². The molecule has 2 heterocycles. The van der Waals surface area contributed by atoms with Crippen LogP contribution in [0.5, 0.6) is 5.75 Å². The maximum Gasteiger partial charge on any atom is 0.573 e. The van der Waals surface area contributed by atoms with E-state index in [0.717, 1.165) is 0 Å². The number of carbonyl (C=O) groups is 1. The van der Waals surface area contributed by atoms with Gasteiger partial charge in [0.05, 0.1) is 17.7 Å². The number of halogens is 3. The number of carbonyl (C=O) groups excluding carboxylic acids is 1. The number of amides is 1.